The first-order chi connectivity index (χ1) is 8.60. The first-order valence-electron chi connectivity index (χ1n) is 6.18. The summed E-state index contributed by atoms with van der Waals surface area (Å²) in [5.41, 5.74) is 1.62. The minimum Gasteiger partial charge on any atom is -0.507 e. The molecule has 4 nitrogen and oxygen atoms in total. The Kier molecular flexibility index (Phi) is 5.65. The molecule has 1 aromatic carbocycles. The molecule has 1 atom stereocenters. The van der Waals surface area contributed by atoms with Crippen molar-refractivity contribution in [2.24, 2.45) is 0 Å². The van der Waals surface area contributed by atoms with Gasteiger partial charge in [0.1, 0.15) is 11.8 Å². The average Bonchev–Trinajstić information content (AvgIpc) is 2.38. The molecule has 0 aliphatic carbocycles. The minimum absolute atomic E-state index is 0.260. The molecule has 0 aliphatic heterocycles. The fourth-order valence-corrected chi connectivity index (χ4v) is 1.83. The van der Waals surface area contributed by atoms with Crippen molar-refractivity contribution in [3.8, 4) is 5.75 Å². The molecule has 18 heavy (non-hydrogen) atoms. The van der Waals surface area contributed by atoms with Crippen LogP contribution in [0.25, 0.3) is 0 Å². The normalized spacial score (nSPS) is 12.2. The first-order valence-corrected chi connectivity index (χ1v) is 6.18. The number of benzene rings is 1. The lowest BCUT2D eigenvalue weighted by Gasteiger charge is -2.16. The van der Waals surface area contributed by atoms with Gasteiger partial charge in [-0.15, -0.1) is 0 Å². The minimum atomic E-state index is -0.320. The smallest absolute Gasteiger partial charge is 0.322 e. The maximum atomic E-state index is 11.5. The molecule has 2 N–H and O–H groups in total. The number of esters is 1. The Bertz CT molecular complexity index is 404. The molecule has 0 spiro atoms. The molecular weight excluding hydrogens is 230 g/mol. The second kappa shape index (κ2) is 7.01. The third-order valence-electron chi connectivity index (χ3n) is 2.92. The number of para-hydroxylation sites is 1. The molecule has 0 aromatic heterocycles. The molecular formula is C14H21NO3. The third-order valence-corrected chi connectivity index (χ3v) is 2.92. The Morgan fingerprint density at radius 3 is 2.83 bits per heavy atom. The SMILES string of the molecule is CCC[C@H](NCc1cccc(C)c1O)C(=O)OC. The van der Waals surface area contributed by atoms with Crippen LogP contribution >= 0.6 is 0 Å². The summed E-state index contributed by atoms with van der Waals surface area (Å²) in [4.78, 5) is 11.5. The van der Waals surface area contributed by atoms with E-state index in [0.29, 0.717) is 6.54 Å². The summed E-state index contributed by atoms with van der Waals surface area (Å²) in [5, 5.41) is 13.0. The van der Waals surface area contributed by atoms with Crippen LogP contribution in [-0.2, 0) is 16.1 Å². The summed E-state index contributed by atoms with van der Waals surface area (Å²) in [7, 11) is 1.39. The van der Waals surface area contributed by atoms with Gasteiger partial charge in [-0.25, -0.2) is 0 Å². The molecule has 1 rings (SSSR count). The molecule has 0 saturated carbocycles. The summed E-state index contributed by atoms with van der Waals surface area (Å²) in [6, 6.07) is 5.26. The van der Waals surface area contributed by atoms with Gasteiger partial charge < -0.3 is 15.2 Å². The summed E-state index contributed by atoms with van der Waals surface area (Å²) in [6.07, 6.45) is 1.62. The number of aromatic hydroxyl groups is 1. The number of nitrogens with one attached hydrogen (secondary N) is 1. The van der Waals surface area contributed by atoms with Gasteiger partial charge in [-0.05, 0) is 18.9 Å². The quantitative estimate of drug-likeness (QED) is 0.760. The van der Waals surface area contributed by atoms with Crippen molar-refractivity contribution < 1.29 is 14.6 Å². The van der Waals surface area contributed by atoms with Crippen molar-refractivity contribution in [3.63, 3.8) is 0 Å². The van der Waals surface area contributed by atoms with Gasteiger partial charge in [0, 0.05) is 12.1 Å². The van der Waals surface area contributed by atoms with Crippen LogP contribution in [0.4, 0.5) is 0 Å². The summed E-state index contributed by atoms with van der Waals surface area (Å²) < 4.78 is 4.74. The fraction of sp³-hybridized carbons (Fsp3) is 0.500. The van der Waals surface area contributed by atoms with Gasteiger partial charge in [-0.3, -0.25) is 4.79 Å². The van der Waals surface area contributed by atoms with E-state index >= 15 is 0 Å². The van der Waals surface area contributed by atoms with E-state index in [4.69, 9.17) is 4.74 Å². The fourth-order valence-electron chi connectivity index (χ4n) is 1.83. The van der Waals surface area contributed by atoms with E-state index in [1.165, 1.54) is 7.11 Å². The topological polar surface area (TPSA) is 58.6 Å². The zero-order valence-electron chi connectivity index (χ0n) is 11.2. The maximum Gasteiger partial charge on any atom is 0.322 e. The van der Waals surface area contributed by atoms with E-state index in [1.54, 1.807) is 0 Å². The van der Waals surface area contributed by atoms with Crippen molar-refractivity contribution in [2.45, 2.75) is 39.3 Å². The zero-order chi connectivity index (χ0) is 13.5. The van der Waals surface area contributed by atoms with Gasteiger partial charge in [0.25, 0.3) is 0 Å². The molecule has 0 bridgehead atoms. The van der Waals surface area contributed by atoms with Crippen molar-refractivity contribution in [1.29, 1.82) is 0 Å². The molecule has 0 saturated heterocycles. The molecule has 1 aromatic rings. The van der Waals surface area contributed by atoms with Crippen LogP contribution in [0, 0.1) is 6.92 Å². The molecule has 4 heteroatoms. The molecule has 0 fully saturated rings. The number of carbonyl (C=O) groups is 1. The number of ether oxygens (including phenoxy) is 1. The van der Waals surface area contributed by atoms with Gasteiger partial charge in [0.05, 0.1) is 7.11 Å². The molecule has 0 unspecified atom stereocenters. The third kappa shape index (κ3) is 3.74. The standard InChI is InChI=1S/C14H21NO3/c1-4-6-12(14(17)18-3)15-9-11-8-5-7-10(2)13(11)16/h5,7-8,12,15-16H,4,6,9H2,1-3H3/t12-/m0/s1. The van der Waals surface area contributed by atoms with E-state index in [-0.39, 0.29) is 17.8 Å². The zero-order valence-corrected chi connectivity index (χ0v) is 11.2. The van der Waals surface area contributed by atoms with Crippen LogP contribution in [0.2, 0.25) is 0 Å². The molecule has 0 heterocycles. The number of methoxy groups -OCH3 is 1. The second-order valence-electron chi connectivity index (χ2n) is 4.33. The Hall–Kier alpha value is -1.55. The van der Waals surface area contributed by atoms with Crippen LogP contribution in [0.15, 0.2) is 18.2 Å². The van der Waals surface area contributed by atoms with E-state index in [9.17, 15) is 9.90 Å². The molecule has 0 amide bonds. The Balaban J connectivity index is 2.67. The van der Waals surface area contributed by atoms with Crippen molar-refractivity contribution in [3.05, 3.63) is 29.3 Å². The lowest BCUT2D eigenvalue weighted by Crippen LogP contribution is -2.37. The largest absolute Gasteiger partial charge is 0.507 e. The van der Waals surface area contributed by atoms with Crippen molar-refractivity contribution in [2.75, 3.05) is 7.11 Å². The predicted octanol–water partition coefficient (Wildman–Crippen LogP) is 2.13. The van der Waals surface area contributed by atoms with E-state index in [1.807, 2.05) is 32.0 Å². The van der Waals surface area contributed by atoms with Crippen LogP contribution < -0.4 is 5.32 Å². The lowest BCUT2D eigenvalue weighted by atomic mass is 10.1. The van der Waals surface area contributed by atoms with Crippen LogP contribution in [-0.4, -0.2) is 24.2 Å². The number of rotatable bonds is 6. The predicted molar refractivity (Wildman–Crippen MR) is 70.4 cm³/mol. The first kappa shape index (κ1) is 14.5. The lowest BCUT2D eigenvalue weighted by molar-refractivity contribution is -0.143. The number of phenolic OH excluding ortho intramolecular Hbond substituents is 1. The Labute approximate surface area is 108 Å². The van der Waals surface area contributed by atoms with Crippen LogP contribution in [0.1, 0.15) is 30.9 Å². The number of aryl methyl sites for hydroxylation is 1. The van der Waals surface area contributed by atoms with Gasteiger partial charge in [0.2, 0.25) is 0 Å². The number of hydrogen-bond acceptors (Lipinski definition) is 4. The Morgan fingerprint density at radius 1 is 1.50 bits per heavy atom. The number of hydrogen-bond donors (Lipinski definition) is 2. The highest BCUT2D eigenvalue weighted by molar-refractivity contribution is 5.75. The number of carbonyl (C=O) groups excluding carboxylic acids is 1. The van der Waals surface area contributed by atoms with Crippen LogP contribution in [0.3, 0.4) is 0 Å². The van der Waals surface area contributed by atoms with E-state index < -0.39 is 0 Å². The molecule has 100 valence electrons. The van der Waals surface area contributed by atoms with Gasteiger partial charge >= 0.3 is 5.97 Å². The second-order valence-corrected chi connectivity index (χ2v) is 4.33. The maximum absolute atomic E-state index is 11.5. The van der Waals surface area contributed by atoms with Crippen LogP contribution in [0.5, 0.6) is 5.75 Å². The highest BCUT2D eigenvalue weighted by Gasteiger charge is 2.17. The Morgan fingerprint density at radius 2 is 2.22 bits per heavy atom. The van der Waals surface area contributed by atoms with Crippen molar-refractivity contribution >= 4 is 5.97 Å². The summed E-state index contributed by atoms with van der Waals surface area (Å²) in [6.45, 7) is 4.32. The highest BCUT2D eigenvalue weighted by atomic mass is 16.5. The number of phenols is 1. The molecule has 0 aliphatic rings. The van der Waals surface area contributed by atoms with E-state index in [0.717, 1.165) is 24.0 Å². The monoisotopic (exact) mass is 251 g/mol. The highest BCUT2D eigenvalue weighted by Crippen LogP contribution is 2.21. The van der Waals surface area contributed by atoms with Crippen molar-refractivity contribution in [1.82, 2.24) is 5.32 Å². The van der Waals surface area contributed by atoms with E-state index in [2.05, 4.69) is 5.32 Å². The van der Waals surface area contributed by atoms with Gasteiger partial charge in [0.15, 0.2) is 0 Å². The summed E-state index contributed by atoms with van der Waals surface area (Å²) in [5.74, 6) is 0.0223. The van der Waals surface area contributed by atoms with Gasteiger partial charge in [-0.1, -0.05) is 31.5 Å². The van der Waals surface area contributed by atoms with Gasteiger partial charge in [-0.2, -0.15) is 0 Å². The summed E-state index contributed by atoms with van der Waals surface area (Å²) >= 11 is 0. The molecule has 0 radical (unpaired) electrons. The average molecular weight is 251 g/mol.